The van der Waals surface area contributed by atoms with Crippen LogP contribution in [-0.4, -0.2) is 20.5 Å². The minimum Gasteiger partial charge on any atom is -0.328 e. The first kappa shape index (κ1) is 19.2. The number of aromatic nitrogens is 3. The van der Waals surface area contributed by atoms with E-state index < -0.39 is 0 Å². The van der Waals surface area contributed by atoms with E-state index in [0.29, 0.717) is 12.2 Å². The van der Waals surface area contributed by atoms with Crippen molar-refractivity contribution >= 4 is 23.1 Å². The number of fused-ring (bicyclic) bond motifs is 1. The van der Waals surface area contributed by atoms with Crippen LogP contribution in [0.1, 0.15) is 62.1 Å². The molecule has 6 heteroatoms. The van der Waals surface area contributed by atoms with Gasteiger partial charge in [-0.05, 0) is 47.8 Å². The monoisotopic (exact) mass is 418 g/mol. The average molecular weight is 419 g/mol. The highest BCUT2D eigenvalue weighted by atomic mass is 32.1. The molecule has 1 aliphatic heterocycles. The third kappa shape index (κ3) is 3.10. The maximum atomic E-state index is 12.9. The van der Waals surface area contributed by atoms with Crippen LogP contribution < -0.4 is 5.32 Å². The van der Waals surface area contributed by atoms with Crippen molar-refractivity contribution in [2.75, 3.05) is 5.32 Å². The highest BCUT2D eigenvalue weighted by Crippen LogP contribution is 2.43. The van der Waals surface area contributed by atoms with E-state index in [1.54, 1.807) is 11.3 Å². The number of rotatable bonds is 2. The minimum atomic E-state index is -0.195. The van der Waals surface area contributed by atoms with Gasteiger partial charge in [-0.2, -0.15) is 4.98 Å². The summed E-state index contributed by atoms with van der Waals surface area (Å²) in [6, 6.07) is 10.4. The standard InChI is InChI=1S/C24H26N4OS/c1-14-12-13-30-21(14)20-19-17(6-5-7-18(19)29)25-23-26-22(27-28(20)23)15-8-10-16(11-9-15)24(2,3)4/h8-13,20H,5-7H2,1-4H3,(H,25,26,27). The van der Waals surface area contributed by atoms with Crippen molar-refractivity contribution in [2.24, 2.45) is 0 Å². The lowest BCUT2D eigenvalue weighted by Crippen LogP contribution is -2.31. The number of nitrogens with zero attached hydrogens (tertiary/aromatic N) is 3. The molecule has 0 radical (unpaired) electrons. The van der Waals surface area contributed by atoms with Crippen LogP contribution >= 0.6 is 11.3 Å². The van der Waals surface area contributed by atoms with E-state index in [1.807, 2.05) is 4.68 Å². The maximum Gasteiger partial charge on any atom is 0.226 e. The second kappa shape index (κ2) is 6.91. The van der Waals surface area contributed by atoms with Crippen LogP contribution in [0.5, 0.6) is 0 Å². The summed E-state index contributed by atoms with van der Waals surface area (Å²) >= 11 is 1.68. The molecule has 3 heterocycles. The van der Waals surface area contributed by atoms with E-state index in [-0.39, 0.29) is 17.2 Å². The van der Waals surface area contributed by atoms with Gasteiger partial charge in [0, 0.05) is 28.1 Å². The van der Waals surface area contributed by atoms with Crippen LogP contribution in [0.3, 0.4) is 0 Å². The summed E-state index contributed by atoms with van der Waals surface area (Å²) in [7, 11) is 0. The number of thiophene rings is 1. The molecule has 0 saturated carbocycles. The van der Waals surface area contributed by atoms with Crippen molar-refractivity contribution in [2.45, 2.75) is 58.4 Å². The van der Waals surface area contributed by atoms with Crippen molar-refractivity contribution in [3.8, 4) is 11.4 Å². The molecule has 0 saturated heterocycles. The highest BCUT2D eigenvalue weighted by molar-refractivity contribution is 7.10. The molecule has 154 valence electrons. The van der Waals surface area contributed by atoms with Crippen LogP contribution in [0.15, 0.2) is 47.0 Å². The summed E-state index contributed by atoms with van der Waals surface area (Å²) in [5.74, 6) is 1.62. The first-order valence-corrected chi connectivity index (χ1v) is 11.4. The van der Waals surface area contributed by atoms with Gasteiger partial charge in [-0.15, -0.1) is 16.4 Å². The van der Waals surface area contributed by atoms with Gasteiger partial charge in [-0.25, -0.2) is 4.68 Å². The summed E-state index contributed by atoms with van der Waals surface area (Å²) in [6.45, 7) is 8.73. The van der Waals surface area contributed by atoms with E-state index >= 15 is 0 Å². The fourth-order valence-corrected chi connectivity index (χ4v) is 5.32. The fourth-order valence-electron chi connectivity index (χ4n) is 4.30. The van der Waals surface area contributed by atoms with Gasteiger partial charge in [0.25, 0.3) is 0 Å². The molecule has 1 unspecified atom stereocenters. The van der Waals surface area contributed by atoms with Gasteiger partial charge < -0.3 is 5.32 Å². The molecule has 1 N–H and O–H groups in total. The SMILES string of the molecule is Cc1ccsc1C1C2=C(CCCC2=O)Nc2nc(-c3ccc(C(C)(C)C)cc3)nn21. The number of benzene rings is 1. The normalized spacial score (nSPS) is 18.8. The zero-order chi connectivity index (χ0) is 21.0. The number of Topliss-reactive ketones (excluding diaryl/α,β-unsaturated/α-hetero) is 1. The van der Waals surface area contributed by atoms with Crippen LogP contribution in [0.4, 0.5) is 5.95 Å². The minimum absolute atomic E-state index is 0.103. The third-order valence-electron chi connectivity index (χ3n) is 6.03. The zero-order valence-electron chi connectivity index (χ0n) is 17.8. The number of ketones is 1. The number of anilines is 1. The summed E-state index contributed by atoms with van der Waals surface area (Å²) in [6.07, 6.45) is 2.37. The Labute approximate surface area is 180 Å². The molecule has 0 spiro atoms. The Hall–Kier alpha value is -2.73. The number of nitrogens with one attached hydrogen (secondary N) is 1. The Bertz CT molecular complexity index is 1160. The highest BCUT2D eigenvalue weighted by Gasteiger charge is 2.38. The molecule has 0 bridgehead atoms. The van der Waals surface area contributed by atoms with Gasteiger partial charge in [0.1, 0.15) is 6.04 Å². The Balaban J connectivity index is 1.61. The van der Waals surface area contributed by atoms with Gasteiger partial charge in [-0.1, -0.05) is 45.0 Å². The number of hydrogen-bond donors (Lipinski definition) is 1. The fraction of sp³-hybridized carbons (Fsp3) is 0.375. The molecule has 0 fully saturated rings. The van der Waals surface area contributed by atoms with Gasteiger partial charge >= 0.3 is 0 Å². The molecular weight excluding hydrogens is 392 g/mol. The molecular formula is C24H26N4OS. The maximum absolute atomic E-state index is 12.9. The van der Waals surface area contributed by atoms with E-state index in [0.717, 1.165) is 35.6 Å². The number of carbonyl (C=O) groups excluding carboxylic acids is 1. The molecule has 2 aromatic heterocycles. The Morgan fingerprint density at radius 3 is 2.57 bits per heavy atom. The van der Waals surface area contributed by atoms with Crippen LogP contribution in [0, 0.1) is 6.92 Å². The lowest BCUT2D eigenvalue weighted by Gasteiger charge is -2.31. The summed E-state index contributed by atoms with van der Waals surface area (Å²) < 4.78 is 1.91. The smallest absolute Gasteiger partial charge is 0.226 e. The number of hydrogen-bond acceptors (Lipinski definition) is 5. The van der Waals surface area contributed by atoms with Crippen molar-refractivity contribution < 1.29 is 4.79 Å². The molecule has 1 aromatic carbocycles. The van der Waals surface area contributed by atoms with Gasteiger partial charge in [-0.3, -0.25) is 4.79 Å². The quantitative estimate of drug-likeness (QED) is 0.585. The van der Waals surface area contributed by atoms with Gasteiger partial charge in [0.05, 0.1) is 0 Å². The van der Waals surface area contributed by atoms with Crippen molar-refractivity contribution in [1.29, 1.82) is 0 Å². The molecule has 0 amide bonds. The van der Waals surface area contributed by atoms with Crippen LogP contribution in [0.2, 0.25) is 0 Å². The molecule has 5 nitrogen and oxygen atoms in total. The van der Waals surface area contributed by atoms with Crippen LogP contribution in [-0.2, 0) is 10.2 Å². The largest absolute Gasteiger partial charge is 0.328 e. The Kier molecular flexibility index (Phi) is 4.43. The van der Waals surface area contributed by atoms with Gasteiger partial charge in [0.2, 0.25) is 5.95 Å². The molecule has 30 heavy (non-hydrogen) atoms. The molecule has 3 aromatic rings. The van der Waals surface area contributed by atoms with E-state index in [4.69, 9.17) is 10.1 Å². The van der Waals surface area contributed by atoms with Crippen molar-refractivity contribution in [3.63, 3.8) is 0 Å². The lowest BCUT2D eigenvalue weighted by molar-refractivity contribution is -0.116. The molecule has 1 aliphatic carbocycles. The average Bonchev–Trinajstić information content (AvgIpc) is 3.32. The predicted octanol–water partition coefficient (Wildman–Crippen LogP) is 5.63. The van der Waals surface area contributed by atoms with E-state index in [2.05, 4.69) is 68.7 Å². The first-order valence-electron chi connectivity index (χ1n) is 10.5. The predicted molar refractivity (Wildman–Crippen MR) is 121 cm³/mol. The Morgan fingerprint density at radius 2 is 1.90 bits per heavy atom. The summed E-state index contributed by atoms with van der Waals surface area (Å²) in [5.41, 5.74) is 5.43. The van der Waals surface area contributed by atoms with Gasteiger partial charge in [0.15, 0.2) is 11.6 Å². The second-order valence-corrected chi connectivity index (χ2v) is 10.1. The second-order valence-electron chi connectivity index (χ2n) is 9.20. The number of allylic oxidation sites excluding steroid dienone is 2. The van der Waals surface area contributed by atoms with Crippen LogP contribution in [0.25, 0.3) is 11.4 Å². The molecule has 2 aliphatic rings. The molecule has 5 rings (SSSR count). The Morgan fingerprint density at radius 1 is 1.13 bits per heavy atom. The topological polar surface area (TPSA) is 59.8 Å². The molecule has 1 atom stereocenters. The first-order chi connectivity index (χ1) is 14.3. The van der Waals surface area contributed by atoms with Crippen molar-refractivity contribution in [1.82, 2.24) is 14.8 Å². The number of aryl methyl sites for hydroxylation is 1. The summed E-state index contributed by atoms with van der Waals surface area (Å²) in [5, 5.41) is 10.4. The van der Waals surface area contributed by atoms with E-state index in [9.17, 15) is 4.79 Å². The summed E-state index contributed by atoms with van der Waals surface area (Å²) in [4.78, 5) is 18.9. The lowest BCUT2D eigenvalue weighted by atomic mass is 9.87. The van der Waals surface area contributed by atoms with Crippen molar-refractivity contribution in [3.05, 3.63) is 63.0 Å². The van der Waals surface area contributed by atoms with E-state index in [1.165, 1.54) is 16.0 Å². The zero-order valence-corrected chi connectivity index (χ0v) is 18.6. The third-order valence-corrected chi connectivity index (χ3v) is 7.10. The number of carbonyl (C=O) groups is 1.